The second-order valence-electron chi connectivity index (χ2n) is 4.56. The minimum Gasteiger partial charge on any atom is -0.360 e. The lowest BCUT2D eigenvalue weighted by atomic mass is 10.4. The molecule has 1 heterocycles. The third-order valence-corrected chi connectivity index (χ3v) is 4.55. The van der Waals surface area contributed by atoms with Gasteiger partial charge in [-0.05, 0) is 20.3 Å². The predicted octanol–water partition coefficient (Wildman–Crippen LogP) is 0.828. The van der Waals surface area contributed by atoms with Crippen LogP contribution in [0.1, 0.15) is 31.7 Å². The highest BCUT2D eigenvalue weighted by atomic mass is 32.2. The quantitative estimate of drug-likeness (QED) is 0.805. The molecule has 0 unspecified atom stereocenters. The van der Waals surface area contributed by atoms with Gasteiger partial charge in [0.15, 0.2) is 5.76 Å². The summed E-state index contributed by atoms with van der Waals surface area (Å²) in [5, 5.41) is 3.62. The van der Waals surface area contributed by atoms with E-state index in [1.807, 2.05) is 6.92 Å². The molecule has 0 aromatic carbocycles. The normalized spacial score (nSPS) is 11.6. The topological polar surface area (TPSA) is 92.5 Å². The van der Waals surface area contributed by atoms with Gasteiger partial charge in [0.05, 0.1) is 0 Å². The van der Waals surface area contributed by atoms with Gasteiger partial charge in [-0.1, -0.05) is 12.1 Å². The van der Waals surface area contributed by atoms with E-state index in [2.05, 4.69) is 9.88 Å². The van der Waals surface area contributed by atoms with Gasteiger partial charge in [0.1, 0.15) is 10.6 Å². The van der Waals surface area contributed by atoms with Gasteiger partial charge in [0, 0.05) is 26.6 Å². The second-order valence-corrected chi connectivity index (χ2v) is 6.26. The molecule has 1 aromatic rings. The van der Waals surface area contributed by atoms with Gasteiger partial charge in [-0.25, -0.2) is 13.1 Å². The summed E-state index contributed by atoms with van der Waals surface area (Å²) >= 11 is 0. The van der Waals surface area contributed by atoms with Crippen LogP contribution in [0.2, 0.25) is 0 Å². The van der Waals surface area contributed by atoms with Gasteiger partial charge < -0.3 is 9.42 Å². The van der Waals surface area contributed by atoms with E-state index in [1.165, 1.54) is 6.92 Å². The second kappa shape index (κ2) is 6.85. The van der Waals surface area contributed by atoms with Crippen LogP contribution in [0.25, 0.3) is 0 Å². The minimum atomic E-state index is -3.66. The molecule has 0 saturated carbocycles. The molecule has 1 N–H and O–H groups in total. The summed E-state index contributed by atoms with van der Waals surface area (Å²) in [7, 11) is -3.66. The van der Waals surface area contributed by atoms with E-state index in [0.29, 0.717) is 18.8 Å². The predicted molar refractivity (Wildman–Crippen MR) is 73.7 cm³/mol. The van der Waals surface area contributed by atoms with E-state index in [-0.39, 0.29) is 23.1 Å². The smallest absolute Gasteiger partial charge is 0.246 e. The number of sulfonamides is 1. The fourth-order valence-electron chi connectivity index (χ4n) is 1.94. The maximum Gasteiger partial charge on any atom is 0.246 e. The van der Waals surface area contributed by atoms with Crippen LogP contribution in [-0.2, 0) is 14.8 Å². The molecule has 0 aliphatic heterocycles. The van der Waals surface area contributed by atoms with Gasteiger partial charge >= 0.3 is 0 Å². The van der Waals surface area contributed by atoms with Crippen molar-refractivity contribution in [2.45, 2.75) is 39.0 Å². The van der Waals surface area contributed by atoms with Crippen LogP contribution >= 0.6 is 0 Å². The highest BCUT2D eigenvalue weighted by Gasteiger charge is 2.23. The van der Waals surface area contributed by atoms with Gasteiger partial charge in [-0.2, -0.15) is 0 Å². The fourth-order valence-corrected chi connectivity index (χ4v) is 3.29. The van der Waals surface area contributed by atoms with E-state index in [4.69, 9.17) is 4.52 Å². The number of nitrogens with one attached hydrogen (secondary N) is 1. The van der Waals surface area contributed by atoms with Crippen molar-refractivity contribution >= 4 is 15.9 Å². The lowest BCUT2D eigenvalue weighted by molar-refractivity contribution is -0.128. The lowest BCUT2D eigenvalue weighted by Crippen LogP contribution is -2.38. The number of hydrogen-bond acceptors (Lipinski definition) is 5. The highest BCUT2D eigenvalue weighted by molar-refractivity contribution is 7.89. The Morgan fingerprint density at radius 3 is 2.45 bits per heavy atom. The van der Waals surface area contributed by atoms with Crippen molar-refractivity contribution in [2.24, 2.45) is 0 Å². The number of rotatable bonds is 7. The average molecular weight is 303 g/mol. The summed E-state index contributed by atoms with van der Waals surface area (Å²) in [6.45, 7) is 7.67. The number of aryl methyl sites for hydroxylation is 2. The lowest BCUT2D eigenvalue weighted by Gasteiger charge is -2.20. The molecule has 0 aliphatic rings. The SMILES string of the molecule is CCCN(CCNS(=O)(=O)c1c(C)noc1C)C(C)=O. The number of hydrogen-bond donors (Lipinski definition) is 1. The van der Waals surface area contributed by atoms with Crippen LogP contribution in [0.3, 0.4) is 0 Å². The summed E-state index contributed by atoms with van der Waals surface area (Å²) in [6, 6.07) is 0. The Hall–Kier alpha value is -1.41. The third kappa shape index (κ3) is 4.04. The van der Waals surface area contributed by atoms with E-state index in [0.717, 1.165) is 6.42 Å². The zero-order valence-corrected chi connectivity index (χ0v) is 13.1. The fraction of sp³-hybridized carbons (Fsp3) is 0.667. The van der Waals surface area contributed by atoms with Crippen LogP contribution in [0.15, 0.2) is 9.42 Å². The number of amides is 1. The summed E-state index contributed by atoms with van der Waals surface area (Å²) in [6.07, 6.45) is 0.830. The maximum absolute atomic E-state index is 12.1. The Kier molecular flexibility index (Phi) is 5.70. The van der Waals surface area contributed by atoms with Gasteiger partial charge in [0.2, 0.25) is 15.9 Å². The highest BCUT2D eigenvalue weighted by Crippen LogP contribution is 2.18. The monoisotopic (exact) mass is 303 g/mol. The molecular weight excluding hydrogens is 282 g/mol. The van der Waals surface area contributed by atoms with E-state index >= 15 is 0 Å². The first-order chi connectivity index (χ1) is 9.29. The van der Waals surface area contributed by atoms with Crippen LogP contribution in [-0.4, -0.2) is 44.0 Å². The largest absolute Gasteiger partial charge is 0.360 e. The first-order valence-electron chi connectivity index (χ1n) is 6.47. The first kappa shape index (κ1) is 16.6. The molecule has 0 spiro atoms. The number of carbonyl (C=O) groups excluding carboxylic acids is 1. The third-order valence-electron chi connectivity index (χ3n) is 2.85. The summed E-state index contributed by atoms with van der Waals surface area (Å²) in [4.78, 5) is 13.0. The van der Waals surface area contributed by atoms with Crippen molar-refractivity contribution in [1.82, 2.24) is 14.8 Å². The van der Waals surface area contributed by atoms with Gasteiger partial charge in [0.25, 0.3) is 0 Å². The Morgan fingerprint density at radius 1 is 1.35 bits per heavy atom. The molecule has 20 heavy (non-hydrogen) atoms. The van der Waals surface area contributed by atoms with E-state index in [1.54, 1.807) is 18.7 Å². The van der Waals surface area contributed by atoms with Gasteiger partial charge in [-0.15, -0.1) is 0 Å². The van der Waals surface area contributed by atoms with Crippen molar-refractivity contribution in [2.75, 3.05) is 19.6 Å². The van der Waals surface area contributed by atoms with Gasteiger partial charge in [-0.3, -0.25) is 4.79 Å². The Balaban J connectivity index is 2.67. The molecule has 0 saturated heterocycles. The average Bonchev–Trinajstić information content (AvgIpc) is 2.68. The number of carbonyl (C=O) groups is 1. The van der Waals surface area contributed by atoms with E-state index in [9.17, 15) is 13.2 Å². The van der Waals surface area contributed by atoms with Crippen LogP contribution in [0.5, 0.6) is 0 Å². The molecule has 0 radical (unpaired) electrons. The Morgan fingerprint density at radius 2 is 2.00 bits per heavy atom. The minimum absolute atomic E-state index is 0.0663. The molecular formula is C12H21N3O4S. The van der Waals surface area contributed by atoms with Crippen LogP contribution < -0.4 is 4.72 Å². The molecule has 1 amide bonds. The number of aromatic nitrogens is 1. The van der Waals surface area contributed by atoms with Crippen molar-refractivity contribution in [1.29, 1.82) is 0 Å². The van der Waals surface area contributed by atoms with Crippen molar-refractivity contribution in [3.05, 3.63) is 11.5 Å². The molecule has 7 nitrogen and oxygen atoms in total. The first-order valence-corrected chi connectivity index (χ1v) is 7.96. The molecule has 1 rings (SSSR count). The number of nitrogens with zero attached hydrogens (tertiary/aromatic N) is 2. The van der Waals surface area contributed by atoms with Crippen molar-refractivity contribution in [3.8, 4) is 0 Å². The molecule has 0 fully saturated rings. The van der Waals surface area contributed by atoms with E-state index < -0.39 is 10.0 Å². The molecule has 0 bridgehead atoms. The standard InChI is InChI=1S/C12H21N3O4S/c1-5-7-15(11(4)16)8-6-13-20(17,18)12-9(2)14-19-10(12)3/h13H,5-8H2,1-4H3. The molecule has 0 atom stereocenters. The summed E-state index contributed by atoms with van der Waals surface area (Å²) < 4.78 is 31.6. The zero-order chi connectivity index (χ0) is 15.3. The van der Waals surface area contributed by atoms with Crippen molar-refractivity contribution < 1.29 is 17.7 Å². The Bertz CT molecular complexity index is 546. The summed E-state index contributed by atoms with van der Waals surface area (Å²) in [5.41, 5.74) is 0.326. The van der Waals surface area contributed by atoms with Crippen molar-refractivity contribution in [3.63, 3.8) is 0 Å². The summed E-state index contributed by atoms with van der Waals surface area (Å²) in [5.74, 6) is 0.190. The zero-order valence-electron chi connectivity index (χ0n) is 12.3. The molecule has 114 valence electrons. The molecule has 1 aromatic heterocycles. The molecule has 8 heteroatoms. The van der Waals surface area contributed by atoms with Crippen LogP contribution in [0.4, 0.5) is 0 Å². The Labute approximate surface area is 119 Å². The molecule has 0 aliphatic carbocycles. The maximum atomic E-state index is 12.1. The van der Waals surface area contributed by atoms with Crippen LogP contribution in [0, 0.1) is 13.8 Å².